The molecule has 0 radical (unpaired) electrons. The summed E-state index contributed by atoms with van der Waals surface area (Å²) >= 11 is 2.43. The molecule has 5 atom stereocenters. The molecule has 2 bridgehead atoms. The summed E-state index contributed by atoms with van der Waals surface area (Å²) in [5.41, 5.74) is 4.72. The summed E-state index contributed by atoms with van der Waals surface area (Å²) in [7, 11) is 1.43. The smallest absolute Gasteiger partial charge is 0.337 e. The van der Waals surface area contributed by atoms with Gasteiger partial charge in [0.25, 0.3) is 0 Å². The minimum absolute atomic E-state index is 0.272. The molecule has 0 amide bonds. The van der Waals surface area contributed by atoms with Crippen LogP contribution in [-0.4, -0.2) is 13.1 Å². The number of ether oxygens (including phenoxy) is 1. The van der Waals surface area contributed by atoms with Crippen LogP contribution in [0.15, 0.2) is 42.5 Å². The second kappa shape index (κ2) is 6.25. The van der Waals surface area contributed by atoms with Crippen molar-refractivity contribution in [2.75, 3.05) is 12.4 Å². The molecule has 2 aromatic rings. The van der Waals surface area contributed by atoms with Crippen molar-refractivity contribution in [3.8, 4) is 0 Å². The zero-order valence-electron chi connectivity index (χ0n) is 14.7. The van der Waals surface area contributed by atoms with Gasteiger partial charge in [0.05, 0.1) is 18.7 Å². The van der Waals surface area contributed by atoms with Crippen LogP contribution in [-0.2, 0) is 4.74 Å². The van der Waals surface area contributed by atoms with E-state index in [9.17, 15) is 4.79 Å². The fraction of sp³-hybridized carbons (Fsp3) is 0.409. The van der Waals surface area contributed by atoms with Crippen molar-refractivity contribution < 1.29 is 9.53 Å². The molecule has 134 valence electrons. The van der Waals surface area contributed by atoms with Gasteiger partial charge in [0.1, 0.15) is 0 Å². The van der Waals surface area contributed by atoms with Gasteiger partial charge in [-0.1, -0.05) is 12.1 Å². The van der Waals surface area contributed by atoms with Gasteiger partial charge in [-0.2, -0.15) is 0 Å². The monoisotopic (exact) mass is 459 g/mol. The van der Waals surface area contributed by atoms with Crippen LogP contribution in [0, 0.1) is 21.3 Å². The Bertz CT molecular complexity index is 863. The van der Waals surface area contributed by atoms with Gasteiger partial charge in [0, 0.05) is 9.26 Å². The van der Waals surface area contributed by atoms with Crippen molar-refractivity contribution in [1.29, 1.82) is 0 Å². The Morgan fingerprint density at radius 3 is 2.65 bits per heavy atom. The lowest BCUT2D eigenvalue weighted by Gasteiger charge is -2.43. The highest BCUT2D eigenvalue weighted by atomic mass is 127. The van der Waals surface area contributed by atoms with Crippen molar-refractivity contribution in [3.63, 3.8) is 0 Å². The fourth-order valence-corrected chi connectivity index (χ4v) is 6.25. The molecule has 0 aromatic heterocycles. The Labute approximate surface area is 167 Å². The minimum atomic E-state index is -0.272. The van der Waals surface area contributed by atoms with Crippen molar-refractivity contribution in [1.82, 2.24) is 0 Å². The number of rotatable bonds is 2. The molecule has 5 rings (SSSR count). The van der Waals surface area contributed by atoms with Gasteiger partial charge >= 0.3 is 5.97 Å². The summed E-state index contributed by atoms with van der Waals surface area (Å²) in [5, 5.41) is 3.84. The maximum Gasteiger partial charge on any atom is 0.337 e. The highest BCUT2D eigenvalue weighted by molar-refractivity contribution is 14.1. The number of anilines is 1. The van der Waals surface area contributed by atoms with Crippen molar-refractivity contribution >= 4 is 34.2 Å². The van der Waals surface area contributed by atoms with E-state index >= 15 is 0 Å². The van der Waals surface area contributed by atoms with E-state index in [1.807, 2.05) is 12.1 Å². The first-order valence-corrected chi connectivity index (χ1v) is 10.5. The predicted molar refractivity (Wildman–Crippen MR) is 110 cm³/mol. The number of hydrogen-bond acceptors (Lipinski definition) is 3. The number of hydrogen-bond donors (Lipinski definition) is 1. The summed E-state index contributed by atoms with van der Waals surface area (Å²) in [6.07, 6.45) is 4.12. The molecule has 2 aliphatic carbocycles. The van der Waals surface area contributed by atoms with Crippen molar-refractivity contribution in [2.24, 2.45) is 17.8 Å². The third-order valence-electron chi connectivity index (χ3n) is 6.74. The van der Waals surface area contributed by atoms with Gasteiger partial charge in [-0.25, -0.2) is 4.79 Å². The van der Waals surface area contributed by atoms with Gasteiger partial charge in [-0.15, -0.1) is 0 Å². The maximum atomic E-state index is 11.7. The van der Waals surface area contributed by atoms with Gasteiger partial charge in [-0.3, -0.25) is 0 Å². The summed E-state index contributed by atoms with van der Waals surface area (Å²) < 4.78 is 6.16. The van der Waals surface area contributed by atoms with E-state index in [1.54, 1.807) is 0 Å². The molecule has 26 heavy (non-hydrogen) atoms. The molecule has 0 saturated heterocycles. The largest absolute Gasteiger partial charge is 0.465 e. The molecule has 5 unspecified atom stereocenters. The summed E-state index contributed by atoms with van der Waals surface area (Å²) in [6.45, 7) is 0. The van der Waals surface area contributed by atoms with Crippen LogP contribution in [0.1, 0.15) is 52.7 Å². The van der Waals surface area contributed by atoms with Crippen molar-refractivity contribution in [2.45, 2.75) is 31.2 Å². The van der Waals surface area contributed by atoms with Gasteiger partial charge in [0.2, 0.25) is 0 Å². The molecule has 1 N–H and O–H groups in total. The molecule has 3 nitrogen and oxygen atoms in total. The van der Waals surface area contributed by atoms with Gasteiger partial charge in [-0.05, 0) is 107 Å². The minimum Gasteiger partial charge on any atom is -0.465 e. The first-order chi connectivity index (χ1) is 12.7. The Kier molecular flexibility index (Phi) is 3.99. The van der Waals surface area contributed by atoms with E-state index in [2.05, 4.69) is 58.2 Å². The molecule has 4 heteroatoms. The number of nitrogens with one attached hydrogen (secondary N) is 1. The molecular formula is C22H22INO2. The van der Waals surface area contributed by atoms with Crippen LogP contribution in [0.5, 0.6) is 0 Å². The maximum absolute atomic E-state index is 11.7. The normalized spacial score (nSPS) is 31.1. The zero-order chi connectivity index (χ0) is 17.8. The molecule has 1 heterocycles. The third-order valence-corrected chi connectivity index (χ3v) is 7.41. The van der Waals surface area contributed by atoms with E-state index in [4.69, 9.17) is 4.74 Å². The Morgan fingerprint density at radius 1 is 1.12 bits per heavy atom. The molecule has 0 spiro atoms. The Hall–Kier alpha value is -1.56. The lowest BCUT2D eigenvalue weighted by Crippen LogP contribution is -2.35. The number of esters is 1. The molecule has 1 aliphatic heterocycles. The van der Waals surface area contributed by atoms with Crippen LogP contribution in [0.3, 0.4) is 0 Å². The van der Waals surface area contributed by atoms with E-state index in [0.717, 1.165) is 11.8 Å². The second-order valence-electron chi connectivity index (χ2n) is 7.90. The van der Waals surface area contributed by atoms with E-state index < -0.39 is 0 Å². The van der Waals surface area contributed by atoms with E-state index in [1.165, 1.54) is 46.8 Å². The average molecular weight is 459 g/mol. The molecule has 2 saturated carbocycles. The lowest BCUT2D eigenvalue weighted by atomic mass is 9.68. The quantitative estimate of drug-likeness (QED) is 0.485. The van der Waals surface area contributed by atoms with Crippen LogP contribution in [0.2, 0.25) is 0 Å². The number of benzene rings is 2. The van der Waals surface area contributed by atoms with Crippen molar-refractivity contribution in [3.05, 3.63) is 62.7 Å². The van der Waals surface area contributed by atoms with Crippen LogP contribution >= 0.6 is 22.6 Å². The number of carbonyl (C=O) groups is 1. The van der Waals surface area contributed by atoms with Crippen LogP contribution < -0.4 is 5.32 Å². The van der Waals surface area contributed by atoms with Gasteiger partial charge in [0.15, 0.2) is 0 Å². The number of halogens is 1. The Morgan fingerprint density at radius 2 is 1.88 bits per heavy atom. The predicted octanol–water partition coefficient (Wildman–Crippen LogP) is 5.37. The molecule has 2 fully saturated rings. The SMILES string of the molecule is COC(=O)c1ccc(C2Nc3ccc(I)cc3C3C4CCC(C4)C23)cc1. The summed E-state index contributed by atoms with van der Waals surface area (Å²) in [5.74, 6) is 2.70. The second-order valence-corrected chi connectivity index (χ2v) is 9.15. The summed E-state index contributed by atoms with van der Waals surface area (Å²) in [4.78, 5) is 11.7. The Balaban J connectivity index is 1.55. The topological polar surface area (TPSA) is 38.3 Å². The highest BCUT2D eigenvalue weighted by Crippen LogP contribution is 2.63. The third kappa shape index (κ3) is 2.48. The first-order valence-electron chi connectivity index (χ1n) is 9.40. The van der Waals surface area contributed by atoms with E-state index in [0.29, 0.717) is 23.4 Å². The average Bonchev–Trinajstić information content (AvgIpc) is 3.29. The first kappa shape index (κ1) is 16.6. The van der Waals surface area contributed by atoms with E-state index in [-0.39, 0.29) is 5.97 Å². The van der Waals surface area contributed by atoms with Crippen LogP contribution in [0.4, 0.5) is 5.69 Å². The van der Waals surface area contributed by atoms with Gasteiger partial charge < -0.3 is 10.1 Å². The molecular weight excluding hydrogens is 437 g/mol. The molecule has 3 aliphatic rings. The standard InChI is InChI=1S/C22H22INO2/c1-26-22(25)13-4-2-12(3-5-13)21-20-15-7-6-14(10-15)19(20)17-11-16(23)8-9-18(17)24-21/h2-5,8-9,11,14-15,19-21,24H,6-7,10H2,1H3. The summed E-state index contributed by atoms with van der Waals surface area (Å²) in [6, 6.07) is 15.2. The fourth-order valence-electron chi connectivity index (χ4n) is 5.73. The molecule has 2 aromatic carbocycles. The van der Waals surface area contributed by atoms with Crippen LogP contribution in [0.25, 0.3) is 0 Å². The lowest BCUT2D eigenvalue weighted by molar-refractivity contribution is 0.0600. The highest BCUT2D eigenvalue weighted by Gasteiger charge is 2.53. The number of methoxy groups -OCH3 is 1. The zero-order valence-corrected chi connectivity index (χ0v) is 16.9. The number of carbonyl (C=O) groups excluding carboxylic acids is 1. The number of fused-ring (bicyclic) bond motifs is 7.